The van der Waals surface area contributed by atoms with E-state index < -0.39 is 0 Å². The highest BCUT2D eigenvalue weighted by molar-refractivity contribution is 5.88. The first-order valence-corrected chi connectivity index (χ1v) is 5.75. The molecule has 2 bridgehead atoms. The van der Waals surface area contributed by atoms with E-state index in [4.69, 9.17) is 5.73 Å². The smallest absolute Gasteiger partial charge is 0.153 e. The molecule has 0 saturated heterocycles. The number of ketones is 1. The lowest BCUT2D eigenvalue weighted by Crippen LogP contribution is -2.51. The van der Waals surface area contributed by atoms with E-state index in [-0.39, 0.29) is 12.0 Å². The van der Waals surface area contributed by atoms with Crippen LogP contribution in [-0.4, -0.2) is 11.8 Å². The average Bonchev–Trinajstić information content (AvgIpc) is 2.25. The van der Waals surface area contributed by atoms with Gasteiger partial charge in [0.25, 0.3) is 0 Å². The van der Waals surface area contributed by atoms with Gasteiger partial charge in [-0.05, 0) is 43.4 Å². The Bertz CT molecular complexity index is 297. The number of carbonyl (C=O) groups is 1. The average molecular weight is 191 g/mol. The Morgan fingerprint density at radius 3 is 2.50 bits per heavy atom. The summed E-state index contributed by atoms with van der Waals surface area (Å²) >= 11 is 0. The number of hydrogen-bond acceptors (Lipinski definition) is 2. The number of nitrogens with two attached hydrogens (primary N) is 1. The molecule has 0 amide bonds. The van der Waals surface area contributed by atoms with Gasteiger partial charge in [-0.2, -0.15) is 0 Å². The minimum absolute atomic E-state index is 0.163. The first-order valence-electron chi connectivity index (χ1n) is 5.75. The maximum atomic E-state index is 12.0. The number of allylic oxidation sites excluding steroid dienone is 2. The Labute approximate surface area is 84.5 Å². The summed E-state index contributed by atoms with van der Waals surface area (Å²) in [6, 6.07) is -0.163. The number of Topliss-reactive ketones (excluding diaryl/α,β-unsaturated/α-hetero) is 1. The Morgan fingerprint density at radius 1 is 1.07 bits per heavy atom. The molecule has 2 N–H and O–H groups in total. The van der Waals surface area contributed by atoms with Crippen LogP contribution >= 0.6 is 0 Å². The van der Waals surface area contributed by atoms with Crippen LogP contribution in [0, 0.1) is 23.7 Å². The summed E-state index contributed by atoms with van der Waals surface area (Å²) in [6.45, 7) is 0. The fraction of sp³-hybridized carbons (Fsp3) is 0.750. The van der Waals surface area contributed by atoms with E-state index in [1.54, 1.807) is 0 Å². The lowest BCUT2D eigenvalue weighted by molar-refractivity contribution is -0.133. The van der Waals surface area contributed by atoms with Crippen molar-refractivity contribution in [3.63, 3.8) is 0 Å². The molecule has 2 fully saturated rings. The number of rotatable bonds is 0. The molecular formula is C12H17NO. The zero-order valence-corrected chi connectivity index (χ0v) is 8.36. The molecular weight excluding hydrogens is 174 g/mol. The summed E-state index contributed by atoms with van der Waals surface area (Å²) < 4.78 is 0. The maximum Gasteiger partial charge on any atom is 0.153 e. The van der Waals surface area contributed by atoms with E-state index in [0.29, 0.717) is 23.5 Å². The van der Waals surface area contributed by atoms with E-state index in [1.807, 2.05) is 0 Å². The van der Waals surface area contributed by atoms with Crippen LogP contribution in [-0.2, 0) is 4.79 Å². The lowest BCUT2D eigenvalue weighted by atomic mass is 9.56. The maximum absolute atomic E-state index is 12.0. The largest absolute Gasteiger partial charge is 0.321 e. The van der Waals surface area contributed by atoms with Crippen LogP contribution in [0.3, 0.4) is 0 Å². The highest BCUT2D eigenvalue weighted by atomic mass is 16.1. The molecule has 1 unspecified atom stereocenters. The molecule has 14 heavy (non-hydrogen) atoms. The minimum Gasteiger partial charge on any atom is -0.321 e. The molecule has 0 aromatic rings. The van der Waals surface area contributed by atoms with Gasteiger partial charge in [0, 0.05) is 5.92 Å². The van der Waals surface area contributed by atoms with Crippen molar-refractivity contribution < 1.29 is 4.79 Å². The van der Waals surface area contributed by atoms with Gasteiger partial charge in [-0.25, -0.2) is 0 Å². The second-order valence-electron chi connectivity index (χ2n) is 5.07. The van der Waals surface area contributed by atoms with Gasteiger partial charge < -0.3 is 5.73 Å². The van der Waals surface area contributed by atoms with E-state index >= 15 is 0 Å². The molecule has 0 aliphatic heterocycles. The molecule has 4 rings (SSSR count). The Kier molecular flexibility index (Phi) is 1.81. The van der Waals surface area contributed by atoms with Crippen molar-refractivity contribution in [3.8, 4) is 0 Å². The minimum atomic E-state index is -0.163. The molecule has 2 nitrogen and oxygen atoms in total. The van der Waals surface area contributed by atoms with Crippen LogP contribution < -0.4 is 5.73 Å². The first-order chi connectivity index (χ1) is 6.77. The molecule has 2 saturated carbocycles. The van der Waals surface area contributed by atoms with Gasteiger partial charge in [0.15, 0.2) is 5.78 Å². The van der Waals surface area contributed by atoms with Crippen molar-refractivity contribution in [1.82, 2.24) is 0 Å². The standard InChI is InChI=1S/C12H17NO/c13-10-6-5-9-7-1-3-8(4-2-7)11(9)12(10)14/h1,3,7-11H,2,4-6,13H2/t7-,8+,9+,10?,11-/m1/s1. The van der Waals surface area contributed by atoms with Crippen LogP contribution in [0.25, 0.3) is 0 Å². The zero-order chi connectivity index (χ0) is 9.71. The molecule has 4 aliphatic rings. The summed E-state index contributed by atoms with van der Waals surface area (Å²) in [7, 11) is 0. The molecule has 5 atom stereocenters. The molecule has 0 heterocycles. The molecule has 0 radical (unpaired) electrons. The van der Waals surface area contributed by atoms with E-state index in [9.17, 15) is 4.79 Å². The van der Waals surface area contributed by atoms with Crippen molar-refractivity contribution in [2.24, 2.45) is 29.4 Å². The summed E-state index contributed by atoms with van der Waals surface area (Å²) in [5.74, 6) is 2.46. The quantitative estimate of drug-likeness (QED) is 0.590. The van der Waals surface area contributed by atoms with Crippen molar-refractivity contribution in [1.29, 1.82) is 0 Å². The van der Waals surface area contributed by atoms with Gasteiger partial charge in [-0.1, -0.05) is 12.2 Å². The molecule has 4 aliphatic carbocycles. The molecule has 2 heteroatoms. The van der Waals surface area contributed by atoms with E-state index in [1.165, 1.54) is 19.3 Å². The summed E-state index contributed by atoms with van der Waals surface area (Å²) in [5, 5.41) is 0. The molecule has 0 aromatic carbocycles. The third-order valence-corrected chi connectivity index (χ3v) is 4.42. The van der Waals surface area contributed by atoms with Crippen molar-refractivity contribution in [3.05, 3.63) is 12.2 Å². The third kappa shape index (κ3) is 1.04. The van der Waals surface area contributed by atoms with Gasteiger partial charge >= 0.3 is 0 Å². The molecule has 76 valence electrons. The third-order valence-electron chi connectivity index (χ3n) is 4.42. The van der Waals surface area contributed by atoms with Gasteiger partial charge in [0.2, 0.25) is 0 Å². The van der Waals surface area contributed by atoms with Crippen molar-refractivity contribution in [2.45, 2.75) is 31.7 Å². The number of fused-ring (bicyclic) bond motifs is 1. The van der Waals surface area contributed by atoms with Crippen LogP contribution in [0.15, 0.2) is 12.2 Å². The van der Waals surface area contributed by atoms with Crippen molar-refractivity contribution >= 4 is 5.78 Å². The topological polar surface area (TPSA) is 43.1 Å². The van der Waals surface area contributed by atoms with Gasteiger partial charge in [-0.15, -0.1) is 0 Å². The number of carbonyl (C=O) groups excluding carboxylic acids is 1. The summed E-state index contributed by atoms with van der Waals surface area (Å²) in [5.41, 5.74) is 5.84. The predicted octanol–water partition coefficient (Wildman–Crippen LogP) is 1.50. The van der Waals surface area contributed by atoms with Crippen LogP contribution in [0.5, 0.6) is 0 Å². The fourth-order valence-corrected chi connectivity index (χ4v) is 3.68. The second kappa shape index (κ2) is 2.93. The number of hydrogen-bond donors (Lipinski definition) is 1. The summed E-state index contributed by atoms with van der Waals surface area (Å²) in [4.78, 5) is 12.0. The fourth-order valence-electron chi connectivity index (χ4n) is 3.68. The molecule has 0 aromatic heterocycles. The zero-order valence-electron chi connectivity index (χ0n) is 8.36. The van der Waals surface area contributed by atoms with E-state index in [0.717, 1.165) is 6.42 Å². The highest BCUT2D eigenvalue weighted by Gasteiger charge is 2.47. The van der Waals surface area contributed by atoms with E-state index in [2.05, 4.69) is 12.2 Å². The highest BCUT2D eigenvalue weighted by Crippen LogP contribution is 2.49. The van der Waals surface area contributed by atoms with Gasteiger partial charge in [-0.3, -0.25) is 4.79 Å². The first kappa shape index (κ1) is 8.66. The van der Waals surface area contributed by atoms with Crippen molar-refractivity contribution in [2.75, 3.05) is 0 Å². The monoisotopic (exact) mass is 191 g/mol. The van der Waals surface area contributed by atoms with Gasteiger partial charge in [0.1, 0.15) is 0 Å². The SMILES string of the molecule is NC1CC[C@@H]2[C@H](C1=O)[C@H]1C=C[C@@H]2CC1. The Hall–Kier alpha value is -0.630. The molecule has 0 spiro atoms. The normalized spacial score (nSPS) is 50.6. The Balaban J connectivity index is 1.95. The lowest BCUT2D eigenvalue weighted by Gasteiger charge is -2.47. The second-order valence-corrected chi connectivity index (χ2v) is 5.07. The van der Waals surface area contributed by atoms with Crippen LogP contribution in [0.1, 0.15) is 25.7 Å². The van der Waals surface area contributed by atoms with Crippen LogP contribution in [0.2, 0.25) is 0 Å². The predicted molar refractivity (Wildman–Crippen MR) is 54.6 cm³/mol. The van der Waals surface area contributed by atoms with Gasteiger partial charge in [0.05, 0.1) is 6.04 Å². The van der Waals surface area contributed by atoms with Crippen LogP contribution in [0.4, 0.5) is 0 Å². The summed E-state index contributed by atoms with van der Waals surface area (Å²) in [6.07, 6.45) is 9.20. The Morgan fingerprint density at radius 2 is 1.79 bits per heavy atom.